The second-order valence-corrected chi connectivity index (χ2v) is 8.21. The molecule has 4 aromatic rings. The van der Waals surface area contributed by atoms with E-state index in [0.29, 0.717) is 10.6 Å². The summed E-state index contributed by atoms with van der Waals surface area (Å²) in [4.78, 5) is 26.1. The maximum atomic E-state index is 13.3. The number of carboxylic acids is 1. The lowest BCUT2D eigenvalue weighted by molar-refractivity contribution is -0.116. The molecule has 0 saturated heterocycles. The molecule has 2 heterocycles. The number of thiophene rings is 2. The fourth-order valence-electron chi connectivity index (χ4n) is 3.25. The normalized spacial score (nSPS) is 10.8. The van der Waals surface area contributed by atoms with E-state index in [0.717, 1.165) is 16.0 Å². The number of carbonyl (C=O) groups excluding carboxylic acids is 1. The first-order valence-corrected chi connectivity index (χ1v) is 10.7. The van der Waals surface area contributed by atoms with Gasteiger partial charge in [0.2, 0.25) is 5.91 Å². The minimum atomic E-state index is -1.05. The number of nitrogens with one attached hydrogen (secondary N) is 1. The number of amides is 1. The second-order valence-electron chi connectivity index (χ2n) is 6.38. The van der Waals surface area contributed by atoms with Crippen molar-refractivity contribution in [1.82, 2.24) is 0 Å². The summed E-state index contributed by atoms with van der Waals surface area (Å²) < 4.78 is 0. The Morgan fingerprint density at radius 1 is 0.828 bits per heavy atom. The number of carboxylic acid groups (broad SMARTS) is 1. The maximum Gasteiger partial charge on any atom is 0.339 e. The van der Waals surface area contributed by atoms with E-state index in [-0.39, 0.29) is 11.5 Å². The van der Waals surface area contributed by atoms with Crippen LogP contribution < -0.4 is 5.32 Å². The number of anilines is 1. The van der Waals surface area contributed by atoms with E-state index in [1.807, 2.05) is 78.2 Å². The Bertz CT molecular complexity index is 1080. The number of benzene rings is 2. The molecule has 0 aliphatic rings. The molecule has 0 unspecified atom stereocenters. The zero-order chi connectivity index (χ0) is 20.2. The minimum Gasteiger partial charge on any atom is -0.478 e. The molecule has 1 amide bonds. The van der Waals surface area contributed by atoms with Gasteiger partial charge in [-0.25, -0.2) is 4.79 Å². The first-order valence-electron chi connectivity index (χ1n) is 8.94. The van der Waals surface area contributed by atoms with Crippen LogP contribution >= 0.6 is 22.7 Å². The lowest BCUT2D eigenvalue weighted by atomic mass is 9.90. The van der Waals surface area contributed by atoms with E-state index in [2.05, 4.69) is 5.32 Å². The average molecular weight is 420 g/mol. The highest BCUT2D eigenvalue weighted by atomic mass is 32.1. The van der Waals surface area contributed by atoms with Crippen LogP contribution in [0.25, 0.3) is 10.4 Å². The van der Waals surface area contributed by atoms with Gasteiger partial charge in [0.25, 0.3) is 0 Å². The Kier molecular flexibility index (Phi) is 5.55. The van der Waals surface area contributed by atoms with Crippen molar-refractivity contribution in [2.45, 2.75) is 5.92 Å². The Labute approximate surface area is 176 Å². The molecule has 29 heavy (non-hydrogen) atoms. The van der Waals surface area contributed by atoms with Crippen LogP contribution in [0.5, 0.6) is 0 Å². The predicted octanol–water partition coefficient (Wildman–Crippen LogP) is 5.95. The van der Waals surface area contributed by atoms with Gasteiger partial charge in [0.15, 0.2) is 0 Å². The third-order valence-corrected chi connectivity index (χ3v) is 6.35. The zero-order valence-corrected chi connectivity index (χ0v) is 16.9. The Hall–Kier alpha value is -3.22. The minimum absolute atomic E-state index is 0.130. The molecule has 0 radical (unpaired) electrons. The molecular weight excluding hydrogens is 402 g/mol. The average Bonchev–Trinajstić information content (AvgIpc) is 3.39. The van der Waals surface area contributed by atoms with E-state index in [9.17, 15) is 14.7 Å². The number of aromatic carboxylic acids is 1. The summed E-state index contributed by atoms with van der Waals surface area (Å²) in [5, 5.41) is 16.7. The molecule has 0 aliphatic carbocycles. The fourth-order valence-corrected chi connectivity index (χ4v) is 5.02. The molecule has 2 aromatic heterocycles. The number of rotatable bonds is 6. The summed E-state index contributed by atoms with van der Waals surface area (Å²) in [6, 6.07) is 22.7. The molecule has 0 bridgehead atoms. The maximum absolute atomic E-state index is 13.3. The largest absolute Gasteiger partial charge is 0.478 e. The van der Waals surface area contributed by atoms with Gasteiger partial charge >= 0.3 is 5.97 Å². The smallest absolute Gasteiger partial charge is 0.339 e. The summed E-state index contributed by atoms with van der Waals surface area (Å²) >= 11 is 2.70. The van der Waals surface area contributed by atoms with E-state index >= 15 is 0 Å². The van der Waals surface area contributed by atoms with Gasteiger partial charge in [-0.2, -0.15) is 0 Å². The molecule has 6 heteroatoms. The molecule has 0 spiro atoms. The lowest BCUT2D eigenvalue weighted by Gasteiger charge is -2.17. The van der Waals surface area contributed by atoms with Crippen molar-refractivity contribution in [2.24, 2.45) is 0 Å². The van der Waals surface area contributed by atoms with Crippen LogP contribution in [0.15, 0.2) is 83.6 Å². The highest BCUT2D eigenvalue weighted by Gasteiger charge is 2.26. The lowest BCUT2D eigenvalue weighted by Crippen LogP contribution is -2.22. The van der Waals surface area contributed by atoms with Gasteiger partial charge < -0.3 is 10.4 Å². The van der Waals surface area contributed by atoms with Crippen molar-refractivity contribution in [3.8, 4) is 10.4 Å². The molecule has 0 aliphatic heterocycles. The summed E-state index contributed by atoms with van der Waals surface area (Å²) in [7, 11) is 0. The van der Waals surface area contributed by atoms with Crippen LogP contribution in [0.4, 0.5) is 5.00 Å². The summed E-state index contributed by atoms with van der Waals surface area (Å²) in [5.41, 5.74) is 2.46. The Morgan fingerprint density at radius 2 is 1.45 bits per heavy atom. The monoisotopic (exact) mass is 419 g/mol. The molecule has 4 rings (SSSR count). The molecule has 0 atom stereocenters. The van der Waals surface area contributed by atoms with Crippen LogP contribution in [0.1, 0.15) is 27.4 Å². The first-order chi connectivity index (χ1) is 14.1. The highest BCUT2D eigenvalue weighted by molar-refractivity contribution is 7.17. The number of hydrogen-bond acceptors (Lipinski definition) is 4. The molecule has 2 aromatic carbocycles. The molecule has 0 fully saturated rings. The summed E-state index contributed by atoms with van der Waals surface area (Å²) in [5.74, 6) is -1.85. The van der Waals surface area contributed by atoms with Gasteiger partial charge in [-0.05, 0) is 22.6 Å². The van der Waals surface area contributed by atoms with Gasteiger partial charge in [-0.15, -0.1) is 22.7 Å². The molecule has 0 saturated carbocycles. The van der Waals surface area contributed by atoms with Crippen LogP contribution in [-0.4, -0.2) is 17.0 Å². The van der Waals surface area contributed by atoms with Crippen molar-refractivity contribution >= 4 is 39.6 Å². The van der Waals surface area contributed by atoms with E-state index < -0.39 is 11.9 Å². The Balaban J connectivity index is 1.71. The van der Waals surface area contributed by atoms with E-state index in [4.69, 9.17) is 0 Å². The fraction of sp³-hybridized carbons (Fsp3) is 0.0435. The quantitative estimate of drug-likeness (QED) is 0.406. The molecule has 2 N–H and O–H groups in total. The topological polar surface area (TPSA) is 66.4 Å². The number of carbonyl (C=O) groups is 2. The van der Waals surface area contributed by atoms with Crippen molar-refractivity contribution in [1.29, 1.82) is 0 Å². The highest BCUT2D eigenvalue weighted by Crippen LogP contribution is 2.38. The molecule has 4 nitrogen and oxygen atoms in total. The Morgan fingerprint density at radius 3 is 1.97 bits per heavy atom. The SMILES string of the molecule is O=C(O)c1c(-c2cccs2)csc1NC(=O)C(c1ccccc1)c1ccccc1. The first kappa shape index (κ1) is 19.1. The van der Waals surface area contributed by atoms with Gasteiger partial charge in [0.1, 0.15) is 10.6 Å². The van der Waals surface area contributed by atoms with Crippen molar-refractivity contribution in [3.63, 3.8) is 0 Å². The van der Waals surface area contributed by atoms with E-state index in [1.54, 1.807) is 5.38 Å². The van der Waals surface area contributed by atoms with Crippen LogP contribution in [0.2, 0.25) is 0 Å². The third kappa shape index (κ3) is 3.99. The number of hydrogen-bond donors (Lipinski definition) is 2. The van der Waals surface area contributed by atoms with Gasteiger partial charge in [-0.1, -0.05) is 66.7 Å². The molecular formula is C23H17NO3S2. The van der Waals surface area contributed by atoms with Crippen LogP contribution in [0, 0.1) is 0 Å². The van der Waals surface area contributed by atoms with Crippen LogP contribution in [0.3, 0.4) is 0 Å². The van der Waals surface area contributed by atoms with Gasteiger partial charge in [-0.3, -0.25) is 4.79 Å². The van der Waals surface area contributed by atoms with Gasteiger partial charge in [0, 0.05) is 15.8 Å². The summed E-state index contributed by atoms with van der Waals surface area (Å²) in [6.07, 6.45) is 0. The van der Waals surface area contributed by atoms with Crippen molar-refractivity contribution < 1.29 is 14.7 Å². The van der Waals surface area contributed by atoms with Crippen molar-refractivity contribution in [2.75, 3.05) is 5.32 Å². The van der Waals surface area contributed by atoms with Crippen molar-refractivity contribution in [3.05, 3.63) is 100 Å². The zero-order valence-electron chi connectivity index (χ0n) is 15.2. The predicted molar refractivity (Wildman–Crippen MR) is 118 cm³/mol. The van der Waals surface area contributed by atoms with Gasteiger partial charge in [0.05, 0.1) is 5.92 Å². The second kappa shape index (κ2) is 8.43. The standard InChI is InChI=1S/C23H17NO3S2/c25-21(19(15-8-3-1-4-9-15)16-10-5-2-6-11-16)24-22-20(23(26)27)17(14-29-22)18-12-7-13-28-18/h1-14,19H,(H,24,25)(H,26,27). The van der Waals surface area contributed by atoms with E-state index in [1.165, 1.54) is 22.7 Å². The van der Waals surface area contributed by atoms with Crippen LogP contribution in [-0.2, 0) is 4.79 Å². The summed E-state index contributed by atoms with van der Waals surface area (Å²) in [6.45, 7) is 0. The third-order valence-electron chi connectivity index (χ3n) is 4.56. The molecule has 144 valence electrons.